The van der Waals surface area contributed by atoms with Gasteiger partial charge in [0.1, 0.15) is 0 Å². The van der Waals surface area contributed by atoms with E-state index in [0.717, 1.165) is 24.0 Å². The molecule has 0 fully saturated rings. The fraction of sp³-hybridized carbons (Fsp3) is 0.609. The van der Waals surface area contributed by atoms with Crippen molar-refractivity contribution in [3.63, 3.8) is 0 Å². The third-order valence-electron chi connectivity index (χ3n) is 4.75. The molecule has 1 atom stereocenters. The van der Waals surface area contributed by atoms with Crippen molar-refractivity contribution in [2.75, 3.05) is 7.11 Å². The molecule has 0 aromatic heterocycles. The Morgan fingerprint density at radius 1 is 1.19 bits per heavy atom. The van der Waals surface area contributed by atoms with E-state index in [9.17, 15) is 14.7 Å². The molecule has 0 radical (unpaired) electrons. The largest absolute Gasteiger partial charge is 0.467 e. The Labute approximate surface area is 163 Å². The van der Waals surface area contributed by atoms with Crippen molar-refractivity contribution in [3.05, 3.63) is 41.2 Å². The third kappa shape index (κ3) is 9.55. The monoisotopic (exact) mass is 374 g/mol. The number of aliphatic hydroxyl groups excluding tert-OH is 1. The number of rotatable bonds is 13. The van der Waals surface area contributed by atoms with E-state index in [1.165, 1.54) is 45.6 Å². The van der Waals surface area contributed by atoms with E-state index in [1.54, 1.807) is 12.2 Å². The van der Waals surface area contributed by atoms with Gasteiger partial charge in [-0.25, -0.2) is 4.79 Å². The van der Waals surface area contributed by atoms with Crippen molar-refractivity contribution in [1.29, 1.82) is 0 Å². The Bertz CT molecular complexity index is 591. The molecule has 0 saturated carbocycles. The molecule has 0 aromatic rings. The molecule has 0 aromatic carbocycles. The van der Waals surface area contributed by atoms with Crippen LogP contribution in [-0.2, 0) is 14.3 Å². The first kappa shape index (κ1) is 23.1. The Morgan fingerprint density at radius 2 is 1.93 bits per heavy atom. The van der Waals surface area contributed by atoms with E-state index < -0.39 is 12.1 Å². The summed E-state index contributed by atoms with van der Waals surface area (Å²) in [4.78, 5) is 23.2. The van der Waals surface area contributed by atoms with Crippen molar-refractivity contribution >= 4 is 11.8 Å². The van der Waals surface area contributed by atoms with Gasteiger partial charge in [0.15, 0.2) is 11.9 Å². The lowest BCUT2D eigenvalue weighted by Crippen LogP contribution is -2.20. The molecule has 27 heavy (non-hydrogen) atoms. The SMILES string of the molecule is CCCCCCCCC=CC1=C(CC=C=CCC(O)C(=O)OC)C(=O)CC1. The fourth-order valence-electron chi connectivity index (χ4n) is 3.08. The van der Waals surface area contributed by atoms with Crippen LogP contribution in [0.25, 0.3) is 0 Å². The van der Waals surface area contributed by atoms with Crippen molar-refractivity contribution in [1.82, 2.24) is 0 Å². The summed E-state index contributed by atoms with van der Waals surface area (Å²) in [7, 11) is 1.24. The zero-order chi connectivity index (χ0) is 19.9. The summed E-state index contributed by atoms with van der Waals surface area (Å²) in [5.41, 5.74) is 4.94. The lowest BCUT2D eigenvalue weighted by Gasteiger charge is -2.02. The number of ketones is 1. The molecule has 4 nitrogen and oxygen atoms in total. The molecule has 1 aliphatic carbocycles. The van der Waals surface area contributed by atoms with Crippen molar-refractivity contribution in [2.45, 2.75) is 83.7 Å². The Balaban J connectivity index is 2.43. The molecule has 4 heteroatoms. The van der Waals surface area contributed by atoms with Crippen molar-refractivity contribution in [2.24, 2.45) is 0 Å². The normalized spacial score (nSPS) is 15.1. The van der Waals surface area contributed by atoms with Crippen LogP contribution in [0.2, 0.25) is 0 Å². The maximum absolute atomic E-state index is 12.1. The molecule has 1 unspecified atom stereocenters. The summed E-state index contributed by atoms with van der Waals surface area (Å²) in [5.74, 6) is -0.443. The molecule has 1 N–H and O–H groups in total. The number of Topliss-reactive ketones (excluding diaryl/α,β-unsaturated/α-hetero) is 1. The number of hydrogen-bond acceptors (Lipinski definition) is 4. The first-order chi connectivity index (χ1) is 13.1. The second kappa shape index (κ2) is 14.2. The van der Waals surface area contributed by atoms with Crippen LogP contribution in [0.5, 0.6) is 0 Å². The van der Waals surface area contributed by atoms with E-state index >= 15 is 0 Å². The highest BCUT2D eigenvalue weighted by atomic mass is 16.5. The van der Waals surface area contributed by atoms with E-state index in [4.69, 9.17) is 0 Å². The summed E-state index contributed by atoms with van der Waals surface area (Å²) in [6.45, 7) is 2.23. The minimum Gasteiger partial charge on any atom is -0.467 e. The summed E-state index contributed by atoms with van der Waals surface area (Å²) in [6.07, 6.45) is 17.4. The van der Waals surface area contributed by atoms with Crippen LogP contribution < -0.4 is 0 Å². The zero-order valence-electron chi connectivity index (χ0n) is 16.8. The molecule has 1 aliphatic rings. The van der Waals surface area contributed by atoms with Gasteiger partial charge in [-0.1, -0.05) is 51.2 Å². The maximum atomic E-state index is 12.1. The van der Waals surface area contributed by atoms with Gasteiger partial charge in [-0.15, -0.1) is 5.73 Å². The van der Waals surface area contributed by atoms with Gasteiger partial charge in [-0.05, 0) is 37.0 Å². The van der Waals surface area contributed by atoms with Crippen molar-refractivity contribution in [3.8, 4) is 0 Å². The minimum atomic E-state index is -1.16. The van der Waals surface area contributed by atoms with Crippen LogP contribution in [0.1, 0.15) is 77.6 Å². The first-order valence-electron chi connectivity index (χ1n) is 10.2. The molecule has 0 aliphatic heterocycles. The average molecular weight is 375 g/mol. The van der Waals surface area contributed by atoms with Gasteiger partial charge in [0.05, 0.1) is 7.11 Å². The Hall–Kier alpha value is -1.90. The smallest absolute Gasteiger partial charge is 0.335 e. The number of carbonyl (C=O) groups excluding carboxylic acids is 2. The van der Waals surface area contributed by atoms with Gasteiger partial charge in [0, 0.05) is 24.8 Å². The maximum Gasteiger partial charge on any atom is 0.335 e. The number of ether oxygens (including phenoxy) is 1. The minimum absolute atomic E-state index is 0.154. The van der Waals surface area contributed by atoms with Crippen LogP contribution in [0, 0.1) is 0 Å². The molecule has 0 spiro atoms. The number of unbranched alkanes of at least 4 members (excludes halogenated alkanes) is 6. The Morgan fingerprint density at radius 3 is 2.67 bits per heavy atom. The summed E-state index contributed by atoms with van der Waals surface area (Å²) >= 11 is 0. The fourth-order valence-corrected chi connectivity index (χ4v) is 3.08. The molecule has 0 heterocycles. The zero-order valence-corrected chi connectivity index (χ0v) is 16.8. The second-order valence-electron chi connectivity index (χ2n) is 6.94. The molecule has 0 amide bonds. The quantitative estimate of drug-likeness (QED) is 0.281. The van der Waals surface area contributed by atoms with Gasteiger partial charge >= 0.3 is 5.97 Å². The lowest BCUT2D eigenvalue weighted by molar-refractivity contribution is -0.150. The number of allylic oxidation sites excluding steroid dienone is 4. The highest BCUT2D eigenvalue weighted by molar-refractivity contribution is 5.99. The lowest BCUT2D eigenvalue weighted by atomic mass is 10.1. The van der Waals surface area contributed by atoms with E-state index in [0.29, 0.717) is 12.8 Å². The molecular formula is C23H34O4. The molecule has 150 valence electrons. The van der Waals surface area contributed by atoms with Crippen LogP contribution in [-0.4, -0.2) is 30.1 Å². The van der Waals surface area contributed by atoms with Gasteiger partial charge in [-0.2, -0.15) is 0 Å². The number of carbonyl (C=O) groups is 2. The standard InChI is InChI=1S/C23H34O4/c1-3-4-5-6-7-8-9-11-14-19-17-18-21(24)20(19)15-12-10-13-16-22(25)23(26)27-2/h11-14,22,25H,3-9,15-18H2,1-2H3. The van der Waals surface area contributed by atoms with Crippen LogP contribution in [0.15, 0.2) is 41.2 Å². The van der Waals surface area contributed by atoms with Crippen LogP contribution >= 0.6 is 0 Å². The highest BCUT2D eigenvalue weighted by Crippen LogP contribution is 2.27. The van der Waals surface area contributed by atoms with Gasteiger partial charge < -0.3 is 9.84 Å². The first-order valence-corrected chi connectivity index (χ1v) is 10.2. The molecular weight excluding hydrogens is 340 g/mol. The van der Waals surface area contributed by atoms with Crippen LogP contribution in [0.4, 0.5) is 0 Å². The summed E-state index contributed by atoms with van der Waals surface area (Å²) in [5, 5.41) is 9.48. The Kier molecular flexibility index (Phi) is 12.2. The summed E-state index contributed by atoms with van der Waals surface area (Å²) < 4.78 is 4.45. The molecule has 0 bridgehead atoms. The van der Waals surface area contributed by atoms with E-state index in [1.807, 2.05) is 0 Å². The average Bonchev–Trinajstić information content (AvgIpc) is 3.02. The predicted octanol–water partition coefficient (Wildman–Crippen LogP) is 4.98. The third-order valence-corrected chi connectivity index (χ3v) is 4.75. The van der Waals surface area contributed by atoms with E-state index in [2.05, 4.69) is 29.5 Å². The molecule has 0 saturated heterocycles. The second-order valence-corrected chi connectivity index (χ2v) is 6.94. The number of hydrogen-bond donors (Lipinski definition) is 1. The number of aliphatic hydroxyl groups is 1. The number of methoxy groups -OCH3 is 1. The highest BCUT2D eigenvalue weighted by Gasteiger charge is 2.19. The number of esters is 1. The van der Waals surface area contributed by atoms with Gasteiger partial charge in [-0.3, -0.25) is 4.79 Å². The van der Waals surface area contributed by atoms with E-state index in [-0.39, 0.29) is 12.2 Å². The molecule has 1 rings (SSSR count). The predicted molar refractivity (Wildman–Crippen MR) is 108 cm³/mol. The van der Waals surface area contributed by atoms with Crippen LogP contribution in [0.3, 0.4) is 0 Å². The van der Waals surface area contributed by atoms with Gasteiger partial charge in [0.25, 0.3) is 0 Å². The van der Waals surface area contributed by atoms with Crippen molar-refractivity contribution < 1.29 is 19.4 Å². The summed E-state index contributed by atoms with van der Waals surface area (Å²) in [6, 6.07) is 0. The van der Waals surface area contributed by atoms with Gasteiger partial charge in [0.2, 0.25) is 0 Å². The topological polar surface area (TPSA) is 63.6 Å².